The average molecular weight is 455 g/mol. The number of nitriles is 1. The van der Waals surface area contributed by atoms with Crippen molar-refractivity contribution in [1.29, 1.82) is 5.26 Å². The summed E-state index contributed by atoms with van der Waals surface area (Å²) in [4.78, 5) is 6.46. The largest absolute Gasteiger partial charge is 0.481 e. The molecule has 0 fully saturated rings. The molecule has 6 nitrogen and oxygen atoms in total. The number of pyridine rings is 1. The van der Waals surface area contributed by atoms with Gasteiger partial charge in [0.1, 0.15) is 5.75 Å². The van der Waals surface area contributed by atoms with E-state index in [4.69, 9.17) is 9.84 Å². The predicted octanol–water partition coefficient (Wildman–Crippen LogP) is 5.11. The van der Waals surface area contributed by atoms with Gasteiger partial charge < -0.3 is 4.74 Å². The number of alkyl halides is 3. The highest BCUT2D eigenvalue weighted by molar-refractivity contribution is 5.43. The first-order valence-corrected chi connectivity index (χ1v) is 10.7. The highest BCUT2D eigenvalue weighted by Crippen LogP contribution is 2.31. The summed E-state index contributed by atoms with van der Waals surface area (Å²) in [6.07, 6.45) is -2.67. The first-order valence-electron chi connectivity index (χ1n) is 10.7. The molecule has 1 unspecified atom stereocenters. The minimum atomic E-state index is -4.47. The first-order chi connectivity index (χ1) is 15.6. The maximum absolute atomic E-state index is 13.0. The Balaban J connectivity index is 1.51. The van der Waals surface area contributed by atoms with Crippen LogP contribution in [0.3, 0.4) is 0 Å². The maximum Gasteiger partial charge on any atom is 0.425 e. The molecule has 0 N–H and O–H groups in total. The summed E-state index contributed by atoms with van der Waals surface area (Å²) in [5.41, 5.74) is 4.81. The molecule has 2 aromatic heterocycles. The van der Waals surface area contributed by atoms with Crippen LogP contribution < -0.4 is 4.74 Å². The van der Waals surface area contributed by atoms with Crippen LogP contribution in [0.15, 0.2) is 42.7 Å². The fourth-order valence-corrected chi connectivity index (χ4v) is 3.74. The molecule has 0 bridgehead atoms. The first kappa shape index (κ1) is 22.8. The summed E-state index contributed by atoms with van der Waals surface area (Å²) in [5.74, 6) is 0.440. The molecule has 9 heteroatoms. The Morgan fingerprint density at radius 2 is 1.94 bits per heavy atom. The average Bonchev–Trinajstić information content (AvgIpc) is 3.33. The van der Waals surface area contributed by atoms with Gasteiger partial charge in [-0.15, -0.1) is 0 Å². The van der Waals surface area contributed by atoms with Gasteiger partial charge in [0.2, 0.25) is 0 Å². The van der Waals surface area contributed by atoms with Crippen LogP contribution in [0.2, 0.25) is 0 Å². The highest BCUT2D eigenvalue weighted by atomic mass is 19.4. The number of rotatable bonds is 6. The van der Waals surface area contributed by atoms with Gasteiger partial charge in [-0.3, -0.25) is 9.88 Å². The third-order valence-corrected chi connectivity index (χ3v) is 5.61. The van der Waals surface area contributed by atoms with Crippen molar-refractivity contribution in [1.82, 2.24) is 19.7 Å². The Labute approximate surface area is 190 Å². The van der Waals surface area contributed by atoms with Crippen LogP contribution >= 0.6 is 0 Å². The minimum Gasteiger partial charge on any atom is -0.481 e. The molecule has 4 rings (SSSR count). The second kappa shape index (κ2) is 8.87. The van der Waals surface area contributed by atoms with Crippen molar-refractivity contribution < 1.29 is 17.9 Å². The predicted molar refractivity (Wildman–Crippen MR) is 116 cm³/mol. The number of hydrogen-bond acceptors (Lipinski definition) is 5. The van der Waals surface area contributed by atoms with E-state index in [-0.39, 0.29) is 5.75 Å². The second-order valence-electron chi connectivity index (χ2n) is 8.52. The van der Waals surface area contributed by atoms with E-state index in [0.29, 0.717) is 36.7 Å². The van der Waals surface area contributed by atoms with Crippen LogP contribution in [0.25, 0.3) is 5.69 Å². The van der Waals surface area contributed by atoms with Crippen LogP contribution in [0.5, 0.6) is 5.75 Å². The third-order valence-electron chi connectivity index (χ3n) is 5.61. The molecule has 0 radical (unpaired) electrons. The zero-order valence-corrected chi connectivity index (χ0v) is 18.6. The number of fused-ring (bicyclic) bond motifs is 1. The lowest BCUT2D eigenvalue weighted by Gasteiger charge is -2.22. The minimum absolute atomic E-state index is 0.131. The van der Waals surface area contributed by atoms with E-state index in [1.54, 1.807) is 12.3 Å². The van der Waals surface area contributed by atoms with Gasteiger partial charge in [0, 0.05) is 48.8 Å². The zero-order chi connectivity index (χ0) is 23.8. The molecule has 172 valence electrons. The Bertz CT molecular complexity index is 1170. The van der Waals surface area contributed by atoms with E-state index in [1.807, 2.05) is 29.1 Å². The third kappa shape index (κ3) is 5.01. The van der Waals surface area contributed by atoms with Crippen molar-refractivity contribution in [2.75, 3.05) is 0 Å². The molecule has 0 saturated heterocycles. The van der Waals surface area contributed by atoms with Crippen LogP contribution in [-0.2, 0) is 19.6 Å². The molecule has 0 spiro atoms. The number of hydrogen-bond donors (Lipinski definition) is 0. The van der Waals surface area contributed by atoms with Gasteiger partial charge in [0.25, 0.3) is 0 Å². The monoisotopic (exact) mass is 455 g/mol. The van der Waals surface area contributed by atoms with E-state index in [2.05, 4.69) is 23.7 Å². The fourth-order valence-electron chi connectivity index (χ4n) is 3.74. The summed E-state index contributed by atoms with van der Waals surface area (Å²) in [5, 5.41) is 13.9. The van der Waals surface area contributed by atoms with Crippen molar-refractivity contribution in [2.24, 2.45) is 0 Å². The number of aromatic nitrogens is 3. The Morgan fingerprint density at radius 1 is 1.15 bits per heavy atom. The van der Waals surface area contributed by atoms with Crippen molar-refractivity contribution >= 4 is 0 Å². The van der Waals surface area contributed by atoms with Gasteiger partial charge in [-0.2, -0.15) is 23.5 Å². The standard InChI is InChI=1S/C24H24F3N5O/c1-15(2)21-9-20(6-7-29-21)32-13-19-12-31(14-22(19)30-32)11-18-8-17(10-28)4-5-23(18)33-16(3)24(25,26)27/h4-9,13,15-16H,11-12,14H2,1-3H3. The summed E-state index contributed by atoms with van der Waals surface area (Å²) in [6, 6.07) is 10.4. The lowest BCUT2D eigenvalue weighted by Crippen LogP contribution is -2.31. The fraction of sp³-hybridized carbons (Fsp3) is 0.375. The van der Waals surface area contributed by atoms with Gasteiger partial charge in [0.05, 0.1) is 23.0 Å². The van der Waals surface area contributed by atoms with Crippen molar-refractivity contribution in [3.63, 3.8) is 0 Å². The number of ether oxygens (including phenoxy) is 1. The molecule has 0 saturated carbocycles. The summed E-state index contributed by atoms with van der Waals surface area (Å²) in [7, 11) is 0. The lowest BCUT2D eigenvalue weighted by molar-refractivity contribution is -0.189. The molecule has 3 aromatic rings. The molecular formula is C24H24F3N5O. The molecule has 0 amide bonds. The van der Waals surface area contributed by atoms with Crippen LogP contribution in [0.1, 0.15) is 54.8 Å². The number of halogens is 3. The molecule has 3 heterocycles. The van der Waals surface area contributed by atoms with Crippen molar-refractivity contribution in [2.45, 2.75) is 58.6 Å². The Hall–Kier alpha value is -3.38. The summed E-state index contributed by atoms with van der Waals surface area (Å²) < 4.78 is 46.0. The normalized spacial score (nSPS) is 14.8. The van der Waals surface area contributed by atoms with Gasteiger partial charge in [-0.1, -0.05) is 13.8 Å². The van der Waals surface area contributed by atoms with Crippen molar-refractivity contribution in [3.8, 4) is 17.5 Å². The van der Waals surface area contributed by atoms with Gasteiger partial charge in [-0.05, 0) is 43.2 Å². The SMILES string of the molecule is CC(C)c1cc(-n2cc3c(n2)CN(Cc2cc(C#N)ccc2OC(C)C(F)(F)F)C3)ccn1. The lowest BCUT2D eigenvalue weighted by atomic mass is 10.1. The Kier molecular flexibility index (Phi) is 6.13. The molecule has 1 aliphatic rings. The van der Waals surface area contributed by atoms with E-state index < -0.39 is 12.3 Å². The highest BCUT2D eigenvalue weighted by Gasteiger charge is 2.38. The maximum atomic E-state index is 13.0. The van der Waals surface area contributed by atoms with Gasteiger partial charge >= 0.3 is 6.18 Å². The smallest absolute Gasteiger partial charge is 0.425 e. The second-order valence-corrected chi connectivity index (χ2v) is 8.52. The summed E-state index contributed by atoms with van der Waals surface area (Å²) in [6.45, 7) is 6.64. The van der Waals surface area contributed by atoms with E-state index in [0.717, 1.165) is 29.6 Å². The number of nitrogens with zero attached hydrogens (tertiary/aromatic N) is 5. The molecule has 0 aliphatic carbocycles. The van der Waals surface area contributed by atoms with Crippen LogP contribution in [0, 0.1) is 11.3 Å². The molecular weight excluding hydrogens is 431 g/mol. The summed E-state index contributed by atoms with van der Waals surface area (Å²) >= 11 is 0. The molecule has 1 aliphatic heterocycles. The number of benzene rings is 1. The molecule has 1 aromatic carbocycles. The quantitative estimate of drug-likeness (QED) is 0.517. The molecule has 33 heavy (non-hydrogen) atoms. The van der Waals surface area contributed by atoms with Gasteiger partial charge in [-0.25, -0.2) is 4.68 Å². The van der Waals surface area contributed by atoms with Crippen LogP contribution in [-0.4, -0.2) is 31.9 Å². The van der Waals surface area contributed by atoms with E-state index in [9.17, 15) is 18.4 Å². The van der Waals surface area contributed by atoms with E-state index in [1.165, 1.54) is 12.1 Å². The van der Waals surface area contributed by atoms with Crippen LogP contribution in [0.4, 0.5) is 13.2 Å². The molecule has 1 atom stereocenters. The van der Waals surface area contributed by atoms with E-state index >= 15 is 0 Å². The Morgan fingerprint density at radius 3 is 2.61 bits per heavy atom. The van der Waals surface area contributed by atoms with Gasteiger partial charge in [0.15, 0.2) is 6.10 Å². The zero-order valence-electron chi connectivity index (χ0n) is 18.6. The topological polar surface area (TPSA) is 67.0 Å². The van der Waals surface area contributed by atoms with Crippen molar-refractivity contribution in [3.05, 3.63) is 70.8 Å².